The lowest BCUT2D eigenvalue weighted by atomic mass is 9.95. The van der Waals surface area contributed by atoms with Gasteiger partial charge in [-0.25, -0.2) is 4.39 Å². The predicted octanol–water partition coefficient (Wildman–Crippen LogP) is 3.09. The predicted molar refractivity (Wildman–Crippen MR) is 63.5 cm³/mol. The largest absolute Gasteiger partial charge is 0.319 e. The van der Waals surface area contributed by atoms with E-state index in [-0.39, 0.29) is 11.2 Å². The van der Waals surface area contributed by atoms with Gasteiger partial charge in [-0.3, -0.25) is 0 Å². The van der Waals surface area contributed by atoms with Crippen LogP contribution in [0.5, 0.6) is 0 Å². The molecular formula is C12H15BrFN. The SMILES string of the molecule is CNCC1CC1(C)c1ccc(F)c(Br)c1. The van der Waals surface area contributed by atoms with Gasteiger partial charge in [-0.1, -0.05) is 13.0 Å². The van der Waals surface area contributed by atoms with Crippen molar-refractivity contribution in [1.29, 1.82) is 0 Å². The lowest BCUT2D eigenvalue weighted by molar-refractivity contribution is 0.603. The van der Waals surface area contributed by atoms with Crippen LogP contribution in [0.3, 0.4) is 0 Å². The van der Waals surface area contributed by atoms with Crippen molar-refractivity contribution >= 4 is 15.9 Å². The number of halogens is 2. The number of hydrogen-bond donors (Lipinski definition) is 1. The summed E-state index contributed by atoms with van der Waals surface area (Å²) in [6.07, 6.45) is 1.19. The molecule has 15 heavy (non-hydrogen) atoms. The number of benzene rings is 1. The van der Waals surface area contributed by atoms with Gasteiger partial charge in [0, 0.05) is 0 Å². The fourth-order valence-electron chi connectivity index (χ4n) is 2.20. The molecule has 82 valence electrons. The van der Waals surface area contributed by atoms with Gasteiger partial charge in [0.25, 0.3) is 0 Å². The zero-order valence-corrected chi connectivity index (χ0v) is 10.6. The molecule has 2 atom stereocenters. The molecule has 1 fully saturated rings. The standard InChI is InChI=1S/C12H15BrFN/c1-12(6-9(12)7-15-2)8-3-4-11(14)10(13)5-8/h3-5,9,15H,6-7H2,1-2H3. The van der Waals surface area contributed by atoms with Crippen LogP contribution >= 0.6 is 15.9 Å². The minimum absolute atomic E-state index is 0.187. The van der Waals surface area contributed by atoms with Crippen LogP contribution in [-0.4, -0.2) is 13.6 Å². The molecule has 0 aliphatic heterocycles. The zero-order valence-electron chi connectivity index (χ0n) is 8.98. The van der Waals surface area contributed by atoms with E-state index in [1.165, 1.54) is 12.0 Å². The van der Waals surface area contributed by atoms with Crippen molar-refractivity contribution in [3.8, 4) is 0 Å². The Balaban J connectivity index is 2.21. The van der Waals surface area contributed by atoms with Crippen molar-refractivity contribution in [1.82, 2.24) is 5.32 Å². The Kier molecular flexibility index (Phi) is 2.86. The first-order valence-electron chi connectivity index (χ1n) is 5.18. The Hall–Kier alpha value is -0.410. The molecule has 0 saturated heterocycles. The van der Waals surface area contributed by atoms with Crippen molar-refractivity contribution in [2.45, 2.75) is 18.8 Å². The van der Waals surface area contributed by atoms with E-state index in [4.69, 9.17) is 0 Å². The summed E-state index contributed by atoms with van der Waals surface area (Å²) in [6.45, 7) is 3.28. The smallest absolute Gasteiger partial charge is 0.137 e. The molecule has 0 aromatic heterocycles. The van der Waals surface area contributed by atoms with Crippen LogP contribution in [-0.2, 0) is 5.41 Å². The van der Waals surface area contributed by atoms with Gasteiger partial charge < -0.3 is 5.32 Å². The van der Waals surface area contributed by atoms with E-state index in [2.05, 4.69) is 28.2 Å². The molecule has 1 N–H and O–H groups in total. The summed E-state index contributed by atoms with van der Waals surface area (Å²) >= 11 is 3.23. The highest BCUT2D eigenvalue weighted by molar-refractivity contribution is 9.10. The van der Waals surface area contributed by atoms with Gasteiger partial charge in [-0.15, -0.1) is 0 Å². The van der Waals surface area contributed by atoms with E-state index in [0.717, 1.165) is 6.54 Å². The van der Waals surface area contributed by atoms with Gasteiger partial charge in [-0.2, -0.15) is 0 Å². The average Bonchev–Trinajstić information content (AvgIpc) is 2.84. The molecule has 1 saturated carbocycles. The maximum atomic E-state index is 13.1. The molecule has 0 bridgehead atoms. The second-order valence-corrected chi connectivity index (χ2v) is 5.36. The second kappa shape index (κ2) is 3.87. The summed E-state index contributed by atoms with van der Waals surface area (Å²) in [4.78, 5) is 0. The molecule has 0 amide bonds. The lowest BCUT2D eigenvalue weighted by Crippen LogP contribution is -2.15. The van der Waals surface area contributed by atoms with Crippen molar-refractivity contribution < 1.29 is 4.39 Å². The Bertz CT molecular complexity index is 380. The Labute approximate surface area is 98.2 Å². The fourth-order valence-corrected chi connectivity index (χ4v) is 2.58. The summed E-state index contributed by atoms with van der Waals surface area (Å²) in [5.41, 5.74) is 1.47. The molecule has 1 aromatic carbocycles. The lowest BCUT2D eigenvalue weighted by Gasteiger charge is -2.12. The van der Waals surface area contributed by atoms with Gasteiger partial charge in [0.1, 0.15) is 5.82 Å². The summed E-state index contributed by atoms with van der Waals surface area (Å²) < 4.78 is 13.7. The van der Waals surface area contributed by atoms with Crippen molar-refractivity contribution in [2.75, 3.05) is 13.6 Å². The van der Waals surface area contributed by atoms with Gasteiger partial charge in [0.2, 0.25) is 0 Å². The monoisotopic (exact) mass is 271 g/mol. The third kappa shape index (κ3) is 1.95. The topological polar surface area (TPSA) is 12.0 Å². The summed E-state index contributed by atoms with van der Waals surface area (Å²) in [5.74, 6) is 0.494. The van der Waals surface area contributed by atoms with E-state index < -0.39 is 0 Å². The van der Waals surface area contributed by atoms with Gasteiger partial charge >= 0.3 is 0 Å². The van der Waals surface area contributed by atoms with Crippen LogP contribution in [0.25, 0.3) is 0 Å². The van der Waals surface area contributed by atoms with Crippen LogP contribution in [0.4, 0.5) is 4.39 Å². The average molecular weight is 272 g/mol. The quantitative estimate of drug-likeness (QED) is 0.891. The number of nitrogens with one attached hydrogen (secondary N) is 1. The first-order chi connectivity index (χ1) is 7.08. The first kappa shape index (κ1) is 11.1. The number of rotatable bonds is 3. The Morgan fingerprint density at radius 3 is 2.93 bits per heavy atom. The van der Waals surface area contributed by atoms with E-state index in [0.29, 0.717) is 10.4 Å². The molecule has 0 heterocycles. The molecule has 0 radical (unpaired) electrons. The Morgan fingerprint density at radius 2 is 2.33 bits per heavy atom. The first-order valence-corrected chi connectivity index (χ1v) is 5.97. The van der Waals surface area contributed by atoms with Crippen molar-refractivity contribution in [2.24, 2.45) is 5.92 Å². The molecule has 1 aliphatic carbocycles. The second-order valence-electron chi connectivity index (χ2n) is 4.51. The minimum atomic E-state index is -0.187. The zero-order chi connectivity index (χ0) is 11.1. The van der Waals surface area contributed by atoms with Crippen LogP contribution in [0.15, 0.2) is 22.7 Å². The van der Waals surface area contributed by atoms with Gasteiger partial charge in [0.15, 0.2) is 0 Å². The molecule has 2 unspecified atom stereocenters. The normalized spacial score (nSPS) is 29.2. The molecule has 2 rings (SSSR count). The molecular weight excluding hydrogens is 257 g/mol. The van der Waals surface area contributed by atoms with Crippen molar-refractivity contribution in [3.05, 3.63) is 34.1 Å². The van der Waals surface area contributed by atoms with E-state index in [1.54, 1.807) is 6.07 Å². The van der Waals surface area contributed by atoms with Crippen LogP contribution in [0, 0.1) is 11.7 Å². The summed E-state index contributed by atoms with van der Waals surface area (Å²) in [5, 5.41) is 3.19. The molecule has 1 nitrogen and oxygen atoms in total. The highest BCUT2D eigenvalue weighted by Crippen LogP contribution is 2.53. The highest BCUT2D eigenvalue weighted by atomic mass is 79.9. The molecule has 1 aliphatic rings. The highest BCUT2D eigenvalue weighted by Gasteiger charge is 2.50. The Morgan fingerprint density at radius 1 is 1.60 bits per heavy atom. The van der Waals surface area contributed by atoms with Crippen LogP contribution in [0.2, 0.25) is 0 Å². The third-order valence-corrected chi connectivity index (χ3v) is 4.05. The van der Waals surface area contributed by atoms with Crippen molar-refractivity contribution in [3.63, 3.8) is 0 Å². The molecule has 1 aromatic rings. The third-order valence-electron chi connectivity index (χ3n) is 3.44. The fraction of sp³-hybridized carbons (Fsp3) is 0.500. The van der Waals surface area contributed by atoms with Gasteiger partial charge in [-0.05, 0) is 65.0 Å². The van der Waals surface area contributed by atoms with Crippen LogP contribution in [0.1, 0.15) is 18.9 Å². The van der Waals surface area contributed by atoms with Crippen LogP contribution < -0.4 is 5.32 Å². The molecule has 3 heteroatoms. The minimum Gasteiger partial charge on any atom is -0.319 e. The van der Waals surface area contributed by atoms with E-state index >= 15 is 0 Å². The van der Waals surface area contributed by atoms with E-state index in [1.807, 2.05) is 19.2 Å². The number of hydrogen-bond acceptors (Lipinski definition) is 1. The van der Waals surface area contributed by atoms with Gasteiger partial charge in [0.05, 0.1) is 4.47 Å². The summed E-state index contributed by atoms with van der Waals surface area (Å²) in [7, 11) is 1.97. The summed E-state index contributed by atoms with van der Waals surface area (Å²) in [6, 6.07) is 5.35. The van der Waals surface area contributed by atoms with E-state index in [9.17, 15) is 4.39 Å². The molecule has 0 spiro atoms. The maximum Gasteiger partial charge on any atom is 0.137 e. The maximum absolute atomic E-state index is 13.1.